The summed E-state index contributed by atoms with van der Waals surface area (Å²) in [4.78, 5) is -0.0965. The van der Waals surface area contributed by atoms with Gasteiger partial charge in [-0.2, -0.15) is 0 Å². The lowest BCUT2D eigenvalue weighted by Crippen LogP contribution is -2.15. The number of hydrogen-bond acceptors (Lipinski definition) is 3. The van der Waals surface area contributed by atoms with Gasteiger partial charge in [0.25, 0.3) is 10.0 Å². The largest absolute Gasteiger partial charge is 0.398 e. The van der Waals surface area contributed by atoms with Gasteiger partial charge < -0.3 is 5.73 Å². The number of nitrogens with one attached hydrogen (secondary N) is 1. The van der Waals surface area contributed by atoms with E-state index < -0.39 is 10.0 Å². The molecule has 106 valence electrons. The second-order valence-electron chi connectivity index (χ2n) is 4.64. The zero-order chi connectivity index (χ0) is 14.9. The van der Waals surface area contributed by atoms with Crippen molar-refractivity contribution in [3.05, 3.63) is 52.5 Å². The molecule has 0 aromatic heterocycles. The first-order valence-electron chi connectivity index (χ1n) is 5.95. The van der Waals surface area contributed by atoms with Gasteiger partial charge in [-0.05, 0) is 49.2 Å². The standard InChI is InChI=1S/C14H15ClN2O2S/c1-9-6-10(2)8-11(7-9)17-20(18,19)14-12(15)4-3-5-13(14)16/h3-8,17H,16H2,1-2H3. The van der Waals surface area contributed by atoms with Crippen LogP contribution in [0.15, 0.2) is 41.3 Å². The van der Waals surface area contributed by atoms with Gasteiger partial charge >= 0.3 is 0 Å². The van der Waals surface area contributed by atoms with E-state index in [0.717, 1.165) is 11.1 Å². The van der Waals surface area contributed by atoms with E-state index in [4.69, 9.17) is 17.3 Å². The first kappa shape index (κ1) is 14.7. The Morgan fingerprint density at radius 1 is 1.10 bits per heavy atom. The van der Waals surface area contributed by atoms with Gasteiger partial charge in [-0.15, -0.1) is 0 Å². The third-order valence-electron chi connectivity index (χ3n) is 2.74. The lowest BCUT2D eigenvalue weighted by Gasteiger charge is -2.12. The van der Waals surface area contributed by atoms with Crippen LogP contribution in [-0.2, 0) is 10.0 Å². The lowest BCUT2D eigenvalue weighted by molar-refractivity contribution is 0.601. The summed E-state index contributed by atoms with van der Waals surface area (Å²) in [6.45, 7) is 3.79. The molecule has 0 saturated carbocycles. The Hall–Kier alpha value is -1.72. The van der Waals surface area contributed by atoms with Gasteiger partial charge in [0.05, 0.1) is 10.7 Å². The number of aryl methyl sites for hydroxylation is 2. The van der Waals surface area contributed by atoms with Gasteiger partial charge in [0.1, 0.15) is 4.90 Å². The number of sulfonamides is 1. The molecule has 2 rings (SSSR count). The van der Waals surface area contributed by atoms with Crippen LogP contribution in [0.1, 0.15) is 11.1 Å². The molecule has 0 radical (unpaired) electrons. The van der Waals surface area contributed by atoms with E-state index in [1.165, 1.54) is 12.1 Å². The van der Waals surface area contributed by atoms with E-state index in [9.17, 15) is 8.42 Å². The first-order valence-corrected chi connectivity index (χ1v) is 7.81. The van der Waals surface area contributed by atoms with Gasteiger partial charge in [-0.1, -0.05) is 23.7 Å². The highest BCUT2D eigenvalue weighted by Crippen LogP contribution is 2.29. The summed E-state index contributed by atoms with van der Waals surface area (Å²) in [5.41, 5.74) is 8.26. The maximum absolute atomic E-state index is 12.4. The van der Waals surface area contributed by atoms with E-state index in [1.807, 2.05) is 19.9 Å². The van der Waals surface area contributed by atoms with Gasteiger partial charge in [0, 0.05) is 5.69 Å². The summed E-state index contributed by atoms with van der Waals surface area (Å²) in [5.74, 6) is 0. The molecule has 0 aliphatic carbocycles. The third-order valence-corrected chi connectivity index (χ3v) is 4.66. The van der Waals surface area contributed by atoms with Crippen molar-refractivity contribution in [2.75, 3.05) is 10.5 Å². The Labute approximate surface area is 123 Å². The second kappa shape index (κ2) is 5.34. The lowest BCUT2D eigenvalue weighted by atomic mass is 10.1. The van der Waals surface area contributed by atoms with Crippen LogP contribution in [0.4, 0.5) is 11.4 Å². The Morgan fingerprint density at radius 2 is 1.70 bits per heavy atom. The van der Waals surface area contributed by atoms with Crippen molar-refractivity contribution in [1.82, 2.24) is 0 Å². The molecule has 0 heterocycles. The molecule has 0 unspecified atom stereocenters. The van der Waals surface area contributed by atoms with Crippen LogP contribution in [-0.4, -0.2) is 8.42 Å². The average Bonchev–Trinajstić information content (AvgIpc) is 2.25. The molecular formula is C14H15ClN2O2S. The average molecular weight is 311 g/mol. The SMILES string of the molecule is Cc1cc(C)cc(NS(=O)(=O)c2c(N)cccc2Cl)c1. The minimum atomic E-state index is -3.82. The van der Waals surface area contributed by atoms with Crippen LogP contribution in [0.2, 0.25) is 5.02 Å². The first-order chi connectivity index (χ1) is 9.29. The molecule has 0 amide bonds. The molecule has 6 heteroatoms. The molecule has 3 N–H and O–H groups in total. The monoisotopic (exact) mass is 310 g/mol. The number of halogens is 1. The Bertz CT molecular complexity index is 717. The van der Waals surface area contributed by atoms with Crippen molar-refractivity contribution in [2.45, 2.75) is 18.7 Å². The predicted molar refractivity (Wildman–Crippen MR) is 82.6 cm³/mol. The van der Waals surface area contributed by atoms with Gasteiger partial charge in [-0.25, -0.2) is 8.42 Å². The number of anilines is 2. The highest BCUT2D eigenvalue weighted by Gasteiger charge is 2.21. The number of nitrogens with two attached hydrogens (primary N) is 1. The highest BCUT2D eigenvalue weighted by atomic mass is 35.5. The summed E-state index contributed by atoms with van der Waals surface area (Å²) >= 11 is 5.94. The van der Waals surface area contributed by atoms with E-state index in [-0.39, 0.29) is 15.6 Å². The zero-order valence-electron chi connectivity index (χ0n) is 11.1. The van der Waals surface area contributed by atoms with Crippen molar-refractivity contribution in [3.8, 4) is 0 Å². The van der Waals surface area contributed by atoms with Crippen LogP contribution in [0.25, 0.3) is 0 Å². The third kappa shape index (κ3) is 3.05. The van der Waals surface area contributed by atoms with Crippen LogP contribution < -0.4 is 10.5 Å². The van der Waals surface area contributed by atoms with Crippen LogP contribution in [0, 0.1) is 13.8 Å². The minimum absolute atomic E-state index is 0.0965. The predicted octanol–water partition coefficient (Wildman–Crippen LogP) is 3.34. The maximum Gasteiger partial charge on any atom is 0.265 e. The van der Waals surface area contributed by atoms with Crippen molar-refractivity contribution >= 4 is 33.0 Å². The maximum atomic E-state index is 12.4. The van der Waals surface area contributed by atoms with Gasteiger partial charge in [0.15, 0.2) is 0 Å². The number of rotatable bonds is 3. The van der Waals surface area contributed by atoms with E-state index >= 15 is 0 Å². The van der Waals surface area contributed by atoms with Crippen molar-refractivity contribution in [1.29, 1.82) is 0 Å². The molecule has 0 aliphatic heterocycles. The number of hydrogen-bond donors (Lipinski definition) is 2. The smallest absolute Gasteiger partial charge is 0.265 e. The molecule has 0 atom stereocenters. The fraction of sp³-hybridized carbons (Fsp3) is 0.143. The normalized spacial score (nSPS) is 11.3. The molecule has 0 aliphatic rings. The summed E-state index contributed by atoms with van der Waals surface area (Å²) in [7, 11) is -3.82. The molecule has 2 aromatic rings. The molecule has 0 bridgehead atoms. The van der Waals surface area contributed by atoms with Crippen molar-refractivity contribution < 1.29 is 8.42 Å². The van der Waals surface area contributed by atoms with Crippen LogP contribution in [0.5, 0.6) is 0 Å². The molecule has 4 nitrogen and oxygen atoms in total. The summed E-state index contributed by atoms with van der Waals surface area (Å²) in [6, 6.07) is 10.1. The highest BCUT2D eigenvalue weighted by molar-refractivity contribution is 7.93. The summed E-state index contributed by atoms with van der Waals surface area (Å²) < 4.78 is 27.3. The quantitative estimate of drug-likeness (QED) is 0.854. The Kier molecular flexibility index (Phi) is 3.92. The molecular weight excluding hydrogens is 296 g/mol. The van der Waals surface area contributed by atoms with Crippen LogP contribution >= 0.6 is 11.6 Å². The molecule has 20 heavy (non-hydrogen) atoms. The fourth-order valence-corrected chi connectivity index (χ4v) is 3.77. The molecule has 0 saturated heterocycles. The summed E-state index contributed by atoms with van der Waals surface area (Å²) in [5, 5.41) is 0.0990. The van der Waals surface area contributed by atoms with Crippen molar-refractivity contribution in [2.24, 2.45) is 0 Å². The molecule has 0 spiro atoms. The van der Waals surface area contributed by atoms with Crippen LogP contribution in [0.3, 0.4) is 0 Å². The fourth-order valence-electron chi connectivity index (χ4n) is 2.05. The Balaban J connectivity index is 2.46. The van der Waals surface area contributed by atoms with E-state index in [2.05, 4.69) is 4.72 Å². The summed E-state index contributed by atoms with van der Waals surface area (Å²) in [6.07, 6.45) is 0. The zero-order valence-corrected chi connectivity index (χ0v) is 12.7. The van der Waals surface area contributed by atoms with Crippen molar-refractivity contribution in [3.63, 3.8) is 0 Å². The van der Waals surface area contributed by atoms with E-state index in [1.54, 1.807) is 18.2 Å². The number of benzene rings is 2. The van der Waals surface area contributed by atoms with Gasteiger partial charge in [0.2, 0.25) is 0 Å². The molecule has 0 fully saturated rings. The molecule has 2 aromatic carbocycles. The topological polar surface area (TPSA) is 72.2 Å². The minimum Gasteiger partial charge on any atom is -0.398 e. The Morgan fingerprint density at radius 3 is 2.25 bits per heavy atom. The van der Waals surface area contributed by atoms with Gasteiger partial charge in [-0.3, -0.25) is 4.72 Å². The van der Waals surface area contributed by atoms with E-state index in [0.29, 0.717) is 5.69 Å². The number of nitrogen functional groups attached to an aromatic ring is 1. The second-order valence-corrected chi connectivity index (χ2v) is 6.67.